The molecule has 0 saturated carbocycles. The Morgan fingerprint density at radius 1 is 1.33 bits per heavy atom. The first-order valence-electron chi connectivity index (χ1n) is 6.69. The van der Waals surface area contributed by atoms with E-state index in [2.05, 4.69) is 19.5 Å². The molecule has 2 aromatic heterocycles. The van der Waals surface area contributed by atoms with Gasteiger partial charge in [-0.05, 0) is 24.5 Å². The molecule has 0 aromatic carbocycles. The van der Waals surface area contributed by atoms with Crippen molar-refractivity contribution in [2.45, 2.75) is 6.92 Å². The first kappa shape index (κ1) is 13.7. The largest absolute Gasteiger partial charge is 0.396 e. The maximum Gasteiger partial charge on any atom is 0.267 e. The fourth-order valence-corrected chi connectivity index (χ4v) is 3.03. The number of nitrogen functional groups attached to an aromatic ring is 1. The minimum Gasteiger partial charge on any atom is -0.396 e. The van der Waals surface area contributed by atoms with Crippen LogP contribution in [0.1, 0.15) is 15.4 Å². The molecule has 3 heterocycles. The Morgan fingerprint density at radius 3 is 2.71 bits per heavy atom. The third-order valence-corrected chi connectivity index (χ3v) is 4.40. The van der Waals surface area contributed by atoms with Crippen LogP contribution in [0.15, 0.2) is 18.5 Å². The summed E-state index contributed by atoms with van der Waals surface area (Å²) >= 11 is 1.16. The van der Waals surface area contributed by atoms with Gasteiger partial charge in [0, 0.05) is 32.4 Å². The lowest BCUT2D eigenvalue weighted by atomic mass is 10.2. The van der Waals surface area contributed by atoms with Gasteiger partial charge in [-0.25, -0.2) is 0 Å². The van der Waals surface area contributed by atoms with E-state index in [0.29, 0.717) is 29.3 Å². The summed E-state index contributed by atoms with van der Waals surface area (Å²) in [6, 6.07) is 1.91. The van der Waals surface area contributed by atoms with Gasteiger partial charge in [0.05, 0.1) is 23.3 Å². The number of amides is 1. The number of rotatable bonds is 2. The van der Waals surface area contributed by atoms with Crippen molar-refractivity contribution < 1.29 is 4.79 Å². The lowest BCUT2D eigenvalue weighted by Gasteiger charge is -2.36. The molecule has 3 rings (SSSR count). The molecule has 110 valence electrons. The summed E-state index contributed by atoms with van der Waals surface area (Å²) in [7, 11) is 0. The summed E-state index contributed by atoms with van der Waals surface area (Å²) in [6.45, 7) is 4.65. The number of carbonyl (C=O) groups excluding carboxylic acids is 1. The van der Waals surface area contributed by atoms with Crippen molar-refractivity contribution in [2.24, 2.45) is 0 Å². The quantitative estimate of drug-likeness (QED) is 0.882. The van der Waals surface area contributed by atoms with Crippen molar-refractivity contribution in [1.82, 2.24) is 19.5 Å². The van der Waals surface area contributed by atoms with E-state index in [-0.39, 0.29) is 5.91 Å². The van der Waals surface area contributed by atoms with Crippen LogP contribution in [0.25, 0.3) is 0 Å². The minimum absolute atomic E-state index is 0.0184. The van der Waals surface area contributed by atoms with E-state index < -0.39 is 0 Å². The van der Waals surface area contributed by atoms with Gasteiger partial charge in [0.25, 0.3) is 5.91 Å². The molecule has 2 N–H and O–H groups in total. The fourth-order valence-electron chi connectivity index (χ4n) is 2.41. The first-order chi connectivity index (χ1) is 10.2. The second-order valence-corrected chi connectivity index (χ2v) is 5.66. The lowest BCUT2D eigenvalue weighted by Crippen LogP contribution is -2.49. The van der Waals surface area contributed by atoms with Gasteiger partial charge in [-0.1, -0.05) is 4.49 Å². The number of hydrogen-bond acceptors (Lipinski definition) is 7. The summed E-state index contributed by atoms with van der Waals surface area (Å²) in [5, 5.41) is 3.89. The normalized spacial score (nSPS) is 15.3. The number of nitrogens with zero attached hydrogens (tertiary/aromatic N) is 5. The van der Waals surface area contributed by atoms with Gasteiger partial charge in [-0.2, -0.15) is 0 Å². The summed E-state index contributed by atoms with van der Waals surface area (Å²) in [5.74, 6) is 0.0184. The second kappa shape index (κ2) is 5.65. The molecule has 2 aromatic rings. The van der Waals surface area contributed by atoms with E-state index >= 15 is 0 Å². The van der Waals surface area contributed by atoms with Crippen LogP contribution in [0.5, 0.6) is 0 Å². The molecule has 7 nitrogen and oxygen atoms in total. The summed E-state index contributed by atoms with van der Waals surface area (Å²) in [4.78, 5) is 21.0. The number of hydrogen-bond donors (Lipinski definition) is 1. The SMILES string of the molecule is Cc1nnsc1C(=O)N1CCN(c2ccncc2N)CC1. The summed E-state index contributed by atoms with van der Waals surface area (Å²) in [6.07, 6.45) is 3.38. The zero-order chi connectivity index (χ0) is 14.8. The molecule has 1 fully saturated rings. The van der Waals surface area contributed by atoms with Crippen LogP contribution < -0.4 is 10.6 Å². The van der Waals surface area contributed by atoms with E-state index in [4.69, 9.17) is 5.73 Å². The minimum atomic E-state index is 0.0184. The highest BCUT2D eigenvalue weighted by atomic mass is 32.1. The average Bonchev–Trinajstić information content (AvgIpc) is 2.93. The van der Waals surface area contributed by atoms with Crippen molar-refractivity contribution in [2.75, 3.05) is 36.8 Å². The topological polar surface area (TPSA) is 88.2 Å². The van der Waals surface area contributed by atoms with Crippen LogP contribution in [0.2, 0.25) is 0 Å². The molecule has 0 atom stereocenters. The third kappa shape index (κ3) is 2.66. The zero-order valence-corrected chi connectivity index (χ0v) is 12.5. The monoisotopic (exact) mass is 304 g/mol. The molecule has 0 unspecified atom stereocenters. The maximum atomic E-state index is 12.4. The molecule has 0 spiro atoms. The number of anilines is 2. The Morgan fingerprint density at radius 2 is 2.10 bits per heavy atom. The first-order valence-corrected chi connectivity index (χ1v) is 7.47. The Kier molecular flexibility index (Phi) is 3.70. The van der Waals surface area contributed by atoms with Gasteiger partial charge in [-0.3, -0.25) is 9.78 Å². The lowest BCUT2D eigenvalue weighted by molar-refractivity contribution is 0.0751. The highest BCUT2D eigenvalue weighted by molar-refractivity contribution is 7.07. The zero-order valence-electron chi connectivity index (χ0n) is 11.7. The number of aryl methyl sites for hydroxylation is 1. The maximum absolute atomic E-state index is 12.4. The fraction of sp³-hybridized carbons (Fsp3) is 0.385. The Labute approximate surface area is 126 Å². The second-order valence-electron chi connectivity index (χ2n) is 4.90. The standard InChI is InChI=1S/C13H16N6OS/c1-9-12(21-17-16-9)13(20)19-6-4-18(5-7-19)11-2-3-15-8-10(11)14/h2-3,8H,4-7,14H2,1H3. The van der Waals surface area contributed by atoms with Gasteiger partial charge in [-0.15, -0.1) is 5.10 Å². The van der Waals surface area contributed by atoms with Crippen LogP contribution in [0, 0.1) is 6.92 Å². The highest BCUT2D eigenvalue weighted by Crippen LogP contribution is 2.23. The molecular formula is C13H16N6OS. The van der Waals surface area contributed by atoms with E-state index in [1.165, 1.54) is 0 Å². The van der Waals surface area contributed by atoms with Crippen molar-refractivity contribution in [3.8, 4) is 0 Å². The van der Waals surface area contributed by atoms with Crippen LogP contribution in [-0.2, 0) is 0 Å². The van der Waals surface area contributed by atoms with Crippen LogP contribution in [0.4, 0.5) is 11.4 Å². The van der Waals surface area contributed by atoms with Gasteiger partial charge in [0.15, 0.2) is 0 Å². The van der Waals surface area contributed by atoms with Gasteiger partial charge in [0.1, 0.15) is 4.88 Å². The predicted molar refractivity (Wildman–Crippen MR) is 81.4 cm³/mol. The van der Waals surface area contributed by atoms with Crippen molar-refractivity contribution in [1.29, 1.82) is 0 Å². The Bertz CT molecular complexity index is 650. The van der Waals surface area contributed by atoms with Crippen molar-refractivity contribution in [3.05, 3.63) is 29.0 Å². The van der Waals surface area contributed by atoms with Crippen LogP contribution in [0.3, 0.4) is 0 Å². The molecule has 0 radical (unpaired) electrons. The van der Waals surface area contributed by atoms with E-state index in [1.807, 2.05) is 17.9 Å². The Balaban J connectivity index is 1.67. The molecule has 21 heavy (non-hydrogen) atoms. The molecule has 0 bridgehead atoms. The number of pyridine rings is 1. The van der Waals surface area contributed by atoms with Gasteiger partial charge >= 0.3 is 0 Å². The molecule has 1 aliphatic heterocycles. The third-order valence-electron chi connectivity index (χ3n) is 3.58. The molecule has 1 amide bonds. The highest BCUT2D eigenvalue weighted by Gasteiger charge is 2.25. The molecule has 1 saturated heterocycles. The van der Waals surface area contributed by atoms with Crippen LogP contribution >= 0.6 is 11.5 Å². The van der Waals surface area contributed by atoms with Gasteiger partial charge in [0.2, 0.25) is 0 Å². The van der Waals surface area contributed by atoms with Crippen molar-refractivity contribution in [3.63, 3.8) is 0 Å². The predicted octanol–water partition coefficient (Wildman–Crippen LogP) is 0.786. The number of aromatic nitrogens is 3. The summed E-state index contributed by atoms with van der Waals surface area (Å²) < 4.78 is 3.82. The number of piperazine rings is 1. The molecule has 0 aliphatic carbocycles. The average molecular weight is 304 g/mol. The Hall–Kier alpha value is -2.22. The van der Waals surface area contributed by atoms with E-state index in [1.54, 1.807) is 12.4 Å². The van der Waals surface area contributed by atoms with E-state index in [9.17, 15) is 4.79 Å². The number of nitrogens with two attached hydrogens (primary N) is 1. The molecule has 1 aliphatic rings. The van der Waals surface area contributed by atoms with Crippen molar-refractivity contribution >= 4 is 28.8 Å². The summed E-state index contributed by atoms with van der Waals surface area (Å²) in [5.41, 5.74) is 8.29. The van der Waals surface area contributed by atoms with Crippen LogP contribution in [-0.4, -0.2) is 51.6 Å². The number of carbonyl (C=O) groups is 1. The smallest absolute Gasteiger partial charge is 0.267 e. The molecule has 8 heteroatoms. The molecular weight excluding hydrogens is 288 g/mol. The van der Waals surface area contributed by atoms with E-state index in [0.717, 1.165) is 30.3 Å². The van der Waals surface area contributed by atoms with Gasteiger partial charge < -0.3 is 15.5 Å².